The van der Waals surface area contributed by atoms with E-state index in [0.29, 0.717) is 5.56 Å². The molecule has 0 aliphatic rings. The van der Waals surface area contributed by atoms with Crippen LogP contribution in [0.2, 0.25) is 0 Å². The summed E-state index contributed by atoms with van der Waals surface area (Å²) in [4.78, 5) is 10.6. The van der Waals surface area contributed by atoms with Gasteiger partial charge in [-0.25, -0.2) is 0 Å². The molecule has 0 bridgehead atoms. The Kier molecular flexibility index (Phi) is 3.25. The van der Waals surface area contributed by atoms with Gasteiger partial charge in [0.2, 0.25) is 0 Å². The van der Waals surface area contributed by atoms with E-state index in [1.807, 2.05) is 19.1 Å². The van der Waals surface area contributed by atoms with E-state index in [1.54, 1.807) is 12.1 Å². The molecule has 3 heteroatoms. The van der Waals surface area contributed by atoms with Gasteiger partial charge < -0.3 is 10.2 Å². The minimum atomic E-state index is -0.988. The van der Waals surface area contributed by atoms with Crippen LogP contribution in [-0.2, 0) is 4.79 Å². The molecule has 0 saturated carbocycles. The molecule has 0 spiro atoms. The molecular formula is C11H14O3. The standard InChI is InChI=1S/C11H14O3/c1-7-3-5-9(6-4-7)10(12)8(2)11(13)14/h3-6,8,10,12H,1-2H3,(H,13,14)/t8-,10+/m1/s1. The fourth-order valence-corrected chi connectivity index (χ4v) is 1.19. The predicted molar refractivity (Wildman–Crippen MR) is 52.9 cm³/mol. The minimum Gasteiger partial charge on any atom is -0.481 e. The number of carboxylic acid groups (broad SMARTS) is 1. The molecule has 0 aliphatic carbocycles. The van der Waals surface area contributed by atoms with Crippen LogP contribution >= 0.6 is 0 Å². The number of aliphatic hydroxyl groups excluding tert-OH is 1. The lowest BCUT2D eigenvalue weighted by atomic mass is 9.97. The number of benzene rings is 1. The third kappa shape index (κ3) is 2.33. The molecule has 3 nitrogen and oxygen atoms in total. The summed E-state index contributed by atoms with van der Waals surface area (Å²) < 4.78 is 0. The third-order valence-corrected chi connectivity index (χ3v) is 2.28. The lowest BCUT2D eigenvalue weighted by Crippen LogP contribution is -2.18. The Bertz CT molecular complexity index is 316. The quantitative estimate of drug-likeness (QED) is 0.770. The van der Waals surface area contributed by atoms with Gasteiger partial charge in [0.15, 0.2) is 0 Å². The molecule has 2 N–H and O–H groups in total. The van der Waals surface area contributed by atoms with Crippen molar-refractivity contribution in [1.29, 1.82) is 0 Å². The smallest absolute Gasteiger partial charge is 0.309 e. The second-order valence-electron chi connectivity index (χ2n) is 3.48. The summed E-state index contributed by atoms with van der Waals surface area (Å²) in [7, 11) is 0. The zero-order valence-corrected chi connectivity index (χ0v) is 8.27. The van der Waals surface area contributed by atoms with Gasteiger partial charge in [0, 0.05) is 0 Å². The van der Waals surface area contributed by atoms with Crippen molar-refractivity contribution >= 4 is 5.97 Å². The number of carboxylic acids is 1. The van der Waals surface area contributed by atoms with Crippen molar-refractivity contribution < 1.29 is 15.0 Å². The second kappa shape index (κ2) is 4.24. The Balaban J connectivity index is 2.84. The van der Waals surface area contributed by atoms with E-state index in [4.69, 9.17) is 5.11 Å². The molecular weight excluding hydrogens is 180 g/mol. The van der Waals surface area contributed by atoms with E-state index in [9.17, 15) is 9.90 Å². The molecule has 0 saturated heterocycles. The molecule has 0 fully saturated rings. The van der Waals surface area contributed by atoms with Gasteiger partial charge >= 0.3 is 5.97 Å². The van der Waals surface area contributed by atoms with Crippen LogP contribution in [0.4, 0.5) is 0 Å². The first-order chi connectivity index (χ1) is 6.52. The van der Waals surface area contributed by atoms with Crippen LogP contribution in [0.5, 0.6) is 0 Å². The van der Waals surface area contributed by atoms with Crippen LogP contribution in [0, 0.1) is 12.8 Å². The van der Waals surface area contributed by atoms with Crippen molar-refractivity contribution in [3.05, 3.63) is 35.4 Å². The van der Waals surface area contributed by atoms with Gasteiger partial charge in [-0.05, 0) is 19.4 Å². The first-order valence-electron chi connectivity index (χ1n) is 4.50. The number of hydrogen-bond donors (Lipinski definition) is 2. The van der Waals surface area contributed by atoms with Gasteiger partial charge in [-0.1, -0.05) is 29.8 Å². The molecule has 0 aromatic heterocycles. The molecule has 0 aliphatic heterocycles. The van der Waals surface area contributed by atoms with Crippen molar-refractivity contribution in [1.82, 2.24) is 0 Å². The Hall–Kier alpha value is -1.35. The fourth-order valence-electron chi connectivity index (χ4n) is 1.19. The predicted octanol–water partition coefficient (Wildman–Crippen LogP) is 1.75. The molecule has 0 amide bonds. The monoisotopic (exact) mass is 194 g/mol. The average Bonchev–Trinajstić information content (AvgIpc) is 2.16. The van der Waals surface area contributed by atoms with E-state index >= 15 is 0 Å². The highest BCUT2D eigenvalue weighted by molar-refractivity contribution is 5.70. The van der Waals surface area contributed by atoms with E-state index in [1.165, 1.54) is 6.92 Å². The minimum absolute atomic E-state index is 0.644. The van der Waals surface area contributed by atoms with Crippen LogP contribution in [0.1, 0.15) is 24.2 Å². The molecule has 14 heavy (non-hydrogen) atoms. The number of aliphatic carboxylic acids is 1. The maximum absolute atomic E-state index is 10.6. The normalized spacial score (nSPS) is 14.8. The maximum Gasteiger partial charge on any atom is 0.309 e. The zero-order chi connectivity index (χ0) is 10.7. The highest BCUT2D eigenvalue weighted by Gasteiger charge is 2.22. The Morgan fingerprint density at radius 1 is 1.29 bits per heavy atom. The molecule has 0 unspecified atom stereocenters. The summed E-state index contributed by atoms with van der Waals surface area (Å²) >= 11 is 0. The van der Waals surface area contributed by atoms with Crippen molar-refractivity contribution in [3.8, 4) is 0 Å². The van der Waals surface area contributed by atoms with Crippen molar-refractivity contribution in [2.45, 2.75) is 20.0 Å². The number of carbonyl (C=O) groups is 1. The van der Waals surface area contributed by atoms with Crippen molar-refractivity contribution in [3.63, 3.8) is 0 Å². The number of aryl methyl sites for hydroxylation is 1. The SMILES string of the molecule is Cc1ccc([C@@H](O)[C@@H](C)C(=O)O)cc1. The first-order valence-corrected chi connectivity index (χ1v) is 4.50. The summed E-state index contributed by atoms with van der Waals surface area (Å²) in [6.45, 7) is 3.43. The van der Waals surface area contributed by atoms with E-state index < -0.39 is 18.0 Å². The molecule has 1 aromatic carbocycles. The molecule has 0 radical (unpaired) electrons. The largest absolute Gasteiger partial charge is 0.481 e. The van der Waals surface area contributed by atoms with Crippen LogP contribution in [0.3, 0.4) is 0 Å². The number of hydrogen-bond acceptors (Lipinski definition) is 2. The molecule has 2 atom stereocenters. The van der Waals surface area contributed by atoms with Crippen LogP contribution in [0.25, 0.3) is 0 Å². The van der Waals surface area contributed by atoms with Gasteiger partial charge in [-0.3, -0.25) is 4.79 Å². The van der Waals surface area contributed by atoms with E-state index in [2.05, 4.69) is 0 Å². The van der Waals surface area contributed by atoms with Crippen molar-refractivity contribution in [2.24, 2.45) is 5.92 Å². The molecule has 1 aromatic rings. The van der Waals surface area contributed by atoms with Gasteiger partial charge in [-0.2, -0.15) is 0 Å². The van der Waals surface area contributed by atoms with Crippen LogP contribution in [0.15, 0.2) is 24.3 Å². The number of aliphatic hydroxyl groups is 1. The molecule has 76 valence electrons. The molecule has 0 heterocycles. The molecule has 1 rings (SSSR count). The van der Waals surface area contributed by atoms with Crippen LogP contribution in [-0.4, -0.2) is 16.2 Å². The summed E-state index contributed by atoms with van der Waals surface area (Å²) in [5, 5.41) is 18.4. The lowest BCUT2D eigenvalue weighted by Gasteiger charge is -2.15. The van der Waals surface area contributed by atoms with Crippen LogP contribution < -0.4 is 0 Å². The zero-order valence-electron chi connectivity index (χ0n) is 8.27. The average molecular weight is 194 g/mol. The topological polar surface area (TPSA) is 57.5 Å². The summed E-state index contributed by atoms with van der Waals surface area (Å²) in [5.41, 5.74) is 1.73. The number of rotatable bonds is 3. The van der Waals surface area contributed by atoms with Gasteiger partial charge in [0.25, 0.3) is 0 Å². The third-order valence-electron chi connectivity index (χ3n) is 2.28. The highest BCUT2D eigenvalue weighted by atomic mass is 16.4. The Morgan fingerprint density at radius 2 is 1.79 bits per heavy atom. The summed E-state index contributed by atoms with van der Waals surface area (Å²) in [6, 6.07) is 7.21. The van der Waals surface area contributed by atoms with E-state index in [0.717, 1.165) is 5.56 Å². The van der Waals surface area contributed by atoms with Gasteiger partial charge in [-0.15, -0.1) is 0 Å². The highest BCUT2D eigenvalue weighted by Crippen LogP contribution is 2.21. The second-order valence-corrected chi connectivity index (χ2v) is 3.48. The van der Waals surface area contributed by atoms with Gasteiger partial charge in [0.1, 0.15) is 0 Å². The van der Waals surface area contributed by atoms with E-state index in [-0.39, 0.29) is 0 Å². The Morgan fingerprint density at radius 3 is 2.21 bits per heavy atom. The lowest BCUT2D eigenvalue weighted by molar-refractivity contribution is -0.145. The first kappa shape index (κ1) is 10.7. The summed E-state index contributed by atoms with van der Waals surface area (Å²) in [5.74, 6) is -1.77. The summed E-state index contributed by atoms with van der Waals surface area (Å²) in [6.07, 6.45) is -0.937. The van der Waals surface area contributed by atoms with Gasteiger partial charge in [0.05, 0.1) is 12.0 Å². The fraction of sp³-hybridized carbons (Fsp3) is 0.364. The maximum atomic E-state index is 10.6. The van der Waals surface area contributed by atoms with Crippen molar-refractivity contribution in [2.75, 3.05) is 0 Å². The Labute approximate surface area is 83.0 Å².